The van der Waals surface area contributed by atoms with Gasteiger partial charge in [0.15, 0.2) is 6.29 Å². The molecule has 0 amide bonds. The van der Waals surface area contributed by atoms with Crippen molar-refractivity contribution < 1.29 is 19.4 Å². The summed E-state index contributed by atoms with van der Waals surface area (Å²) >= 11 is 0. The Balaban J connectivity index is 3.75. The Morgan fingerprint density at radius 2 is 1.29 bits per heavy atom. The highest BCUT2D eigenvalue weighted by Crippen LogP contribution is 2.10. The zero-order chi connectivity index (χ0) is 17.9. The third kappa shape index (κ3) is 16.9. The molecule has 0 aromatic rings. The molecule has 0 aromatic heterocycles. The molecule has 24 heavy (non-hydrogen) atoms. The maximum Gasteiger partial charge on any atom is 0.303 e. The summed E-state index contributed by atoms with van der Waals surface area (Å²) in [5.41, 5.74) is 0. The van der Waals surface area contributed by atoms with Crippen molar-refractivity contribution in [2.45, 2.75) is 83.3 Å². The molecule has 0 aliphatic carbocycles. The van der Waals surface area contributed by atoms with E-state index in [9.17, 15) is 4.79 Å². The monoisotopic (exact) mass is 336 g/mol. The molecule has 4 heteroatoms. The van der Waals surface area contributed by atoms with Crippen molar-refractivity contribution in [3.63, 3.8) is 0 Å². The minimum absolute atomic E-state index is 0.0645. The number of terminal acetylenes is 2. The van der Waals surface area contributed by atoms with E-state index < -0.39 is 12.3 Å². The fraction of sp³-hybridized carbons (Fsp3) is 0.750. The van der Waals surface area contributed by atoms with Gasteiger partial charge in [0, 0.05) is 32.5 Å². The quantitative estimate of drug-likeness (QED) is 0.243. The summed E-state index contributed by atoms with van der Waals surface area (Å²) in [6.45, 7) is 1.20. The summed E-state index contributed by atoms with van der Waals surface area (Å²) in [5, 5.41) is 8.80. The van der Waals surface area contributed by atoms with Crippen LogP contribution in [0.4, 0.5) is 0 Å². The molecule has 0 spiro atoms. The van der Waals surface area contributed by atoms with Crippen LogP contribution in [0.1, 0.15) is 77.0 Å². The van der Waals surface area contributed by atoms with Crippen LogP contribution >= 0.6 is 0 Å². The molecule has 0 aliphatic heterocycles. The number of hydrogen-bond acceptors (Lipinski definition) is 3. The maximum atomic E-state index is 10.7. The number of carboxylic acids is 1. The number of carbonyl (C=O) groups is 1. The molecule has 4 nitrogen and oxygen atoms in total. The van der Waals surface area contributed by atoms with Gasteiger partial charge in [0.05, 0.1) is 6.42 Å². The first-order valence-electron chi connectivity index (χ1n) is 9.02. The van der Waals surface area contributed by atoms with Crippen molar-refractivity contribution in [1.82, 2.24) is 0 Å². The lowest BCUT2D eigenvalue weighted by Crippen LogP contribution is -2.20. The van der Waals surface area contributed by atoms with Crippen molar-refractivity contribution in [2.24, 2.45) is 0 Å². The number of unbranched alkanes of at least 4 members (excludes halogenated alkanes) is 8. The largest absolute Gasteiger partial charge is 0.481 e. The van der Waals surface area contributed by atoms with Crippen LogP contribution in [0.3, 0.4) is 0 Å². The third-order valence-corrected chi connectivity index (χ3v) is 3.63. The maximum absolute atomic E-state index is 10.7. The van der Waals surface area contributed by atoms with Crippen molar-refractivity contribution in [3.8, 4) is 24.7 Å². The predicted molar refractivity (Wildman–Crippen MR) is 96.4 cm³/mol. The first-order chi connectivity index (χ1) is 11.7. The van der Waals surface area contributed by atoms with E-state index in [1.165, 1.54) is 0 Å². The van der Waals surface area contributed by atoms with Crippen LogP contribution in [-0.2, 0) is 14.3 Å². The molecule has 0 bridgehead atoms. The van der Waals surface area contributed by atoms with Crippen LogP contribution in [0, 0.1) is 24.7 Å². The van der Waals surface area contributed by atoms with Crippen LogP contribution in [-0.4, -0.2) is 30.6 Å². The number of rotatable bonds is 17. The second-order valence-electron chi connectivity index (χ2n) is 5.84. The van der Waals surface area contributed by atoms with E-state index >= 15 is 0 Å². The first-order valence-corrected chi connectivity index (χ1v) is 9.02. The van der Waals surface area contributed by atoms with Crippen molar-refractivity contribution >= 4 is 5.97 Å². The Kier molecular flexibility index (Phi) is 16.7. The van der Waals surface area contributed by atoms with Gasteiger partial charge in [-0.05, 0) is 25.7 Å². The summed E-state index contributed by atoms with van der Waals surface area (Å²) in [7, 11) is 0. The number of hydrogen-bond donors (Lipinski definition) is 1. The van der Waals surface area contributed by atoms with E-state index in [-0.39, 0.29) is 6.42 Å². The second kappa shape index (κ2) is 17.9. The van der Waals surface area contributed by atoms with Crippen LogP contribution < -0.4 is 0 Å². The first kappa shape index (κ1) is 22.5. The third-order valence-electron chi connectivity index (χ3n) is 3.63. The lowest BCUT2D eigenvalue weighted by Gasteiger charge is -2.18. The highest BCUT2D eigenvalue weighted by Gasteiger charge is 2.11. The zero-order valence-electron chi connectivity index (χ0n) is 14.8. The molecule has 0 heterocycles. The van der Waals surface area contributed by atoms with Gasteiger partial charge in [-0.2, -0.15) is 0 Å². The van der Waals surface area contributed by atoms with Gasteiger partial charge in [0.2, 0.25) is 0 Å². The average Bonchev–Trinajstić information content (AvgIpc) is 2.57. The van der Waals surface area contributed by atoms with Crippen molar-refractivity contribution in [1.29, 1.82) is 0 Å². The fourth-order valence-electron chi connectivity index (χ4n) is 2.25. The normalized spacial score (nSPS) is 10.5. The Morgan fingerprint density at radius 1 is 0.833 bits per heavy atom. The van der Waals surface area contributed by atoms with Gasteiger partial charge in [-0.1, -0.05) is 25.7 Å². The molecule has 0 aliphatic rings. The summed E-state index contributed by atoms with van der Waals surface area (Å²) < 4.78 is 11.4. The number of ether oxygens (including phenoxy) is 2. The molecule has 0 saturated carbocycles. The summed E-state index contributed by atoms with van der Waals surface area (Å²) in [6.07, 6.45) is 20.5. The highest BCUT2D eigenvalue weighted by atomic mass is 16.7. The van der Waals surface area contributed by atoms with Crippen LogP contribution in [0.25, 0.3) is 0 Å². The topological polar surface area (TPSA) is 55.8 Å². The van der Waals surface area contributed by atoms with Crippen molar-refractivity contribution in [2.75, 3.05) is 13.2 Å². The molecule has 1 N–H and O–H groups in total. The Labute approximate surface area is 147 Å². The zero-order valence-corrected chi connectivity index (χ0v) is 14.8. The predicted octanol–water partition coefficient (Wildman–Crippen LogP) is 4.38. The summed E-state index contributed by atoms with van der Waals surface area (Å²) in [4.78, 5) is 10.7. The molecule has 0 unspecified atom stereocenters. The van der Waals surface area contributed by atoms with E-state index in [1.807, 2.05) is 0 Å². The van der Waals surface area contributed by atoms with Gasteiger partial charge in [0.1, 0.15) is 0 Å². The van der Waals surface area contributed by atoms with Gasteiger partial charge in [-0.25, -0.2) is 0 Å². The SMILES string of the molecule is C#CCCCCCCOC(CCC(=O)O)OCCCCCCC#C. The van der Waals surface area contributed by atoms with Crippen LogP contribution in [0.2, 0.25) is 0 Å². The fourth-order valence-corrected chi connectivity index (χ4v) is 2.25. The molecule has 0 rings (SSSR count). The number of carboxylic acid groups (broad SMARTS) is 1. The minimum Gasteiger partial charge on any atom is -0.481 e. The van der Waals surface area contributed by atoms with Gasteiger partial charge < -0.3 is 14.6 Å². The van der Waals surface area contributed by atoms with Crippen molar-refractivity contribution in [3.05, 3.63) is 0 Å². The molecule has 0 saturated heterocycles. The van der Waals surface area contributed by atoms with Crippen LogP contribution in [0.5, 0.6) is 0 Å². The van der Waals surface area contributed by atoms with E-state index in [4.69, 9.17) is 27.4 Å². The second-order valence-corrected chi connectivity index (χ2v) is 5.84. The molecular formula is C20H32O4. The van der Waals surface area contributed by atoms with Gasteiger partial charge in [-0.15, -0.1) is 24.7 Å². The van der Waals surface area contributed by atoms with Gasteiger partial charge in [-0.3, -0.25) is 4.79 Å². The standard InChI is InChI=1S/C20H32O4/c1-3-5-7-9-11-13-17-23-20(16-15-19(21)22)24-18-14-12-10-8-6-4-2/h1-2,20H,5-18H2,(H,21,22). The highest BCUT2D eigenvalue weighted by molar-refractivity contribution is 5.66. The van der Waals surface area contributed by atoms with Gasteiger partial charge >= 0.3 is 5.97 Å². The Hall–Kier alpha value is -1.49. The lowest BCUT2D eigenvalue weighted by molar-refractivity contribution is -0.156. The smallest absolute Gasteiger partial charge is 0.303 e. The molecule has 136 valence electrons. The Morgan fingerprint density at radius 3 is 1.71 bits per heavy atom. The Bertz CT molecular complexity index is 350. The average molecular weight is 336 g/mol. The summed E-state index contributed by atoms with van der Waals surface area (Å²) in [6, 6.07) is 0. The molecule has 0 radical (unpaired) electrons. The van der Waals surface area contributed by atoms with E-state index in [0.29, 0.717) is 19.6 Å². The number of aliphatic carboxylic acids is 1. The van der Waals surface area contributed by atoms with E-state index in [1.54, 1.807) is 0 Å². The van der Waals surface area contributed by atoms with Crippen LogP contribution in [0.15, 0.2) is 0 Å². The van der Waals surface area contributed by atoms with E-state index in [2.05, 4.69) is 11.8 Å². The minimum atomic E-state index is -0.823. The molecule has 0 aromatic carbocycles. The molecule has 0 atom stereocenters. The molecular weight excluding hydrogens is 304 g/mol. The summed E-state index contributed by atoms with van der Waals surface area (Å²) in [5.74, 6) is 4.44. The lowest BCUT2D eigenvalue weighted by atomic mass is 10.1. The van der Waals surface area contributed by atoms with Gasteiger partial charge in [0.25, 0.3) is 0 Å². The van der Waals surface area contributed by atoms with E-state index in [0.717, 1.165) is 64.2 Å². The molecule has 0 fully saturated rings.